The number of thioether (sulfide) groups is 1. The Hall–Kier alpha value is -2.05. The molecule has 3 rings (SSSR count). The number of rotatable bonds is 4. The quantitative estimate of drug-likeness (QED) is 0.588. The number of halogens is 2. The van der Waals surface area contributed by atoms with Crippen LogP contribution < -0.4 is 4.74 Å². The molecule has 1 aliphatic rings. The van der Waals surface area contributed by atoms with Crippen LogP contribution in [-0.2, 0) is 6.61 Å². The van der Waals surface area contributed by atoms with Gasteiger partial charge in [0.15, 0.2) is 10.9 Å². The zero-order valence-electron chi connectivity index (χ0n) is 14.5. The van der Waals surface area contributed by atoms with Gasteiger partial charge in [0.25, 0.3) is 0 Å². The maximum atomic E-state index is 14.0. The highest BCUT2D eigenvalue weighted by Crippen LogP contribution is 2.35. The Balaban J connectivity index is 1.94. The van der Waals surface area contributed by atoms with E-state index in [9.17, 15) is 4.39 Å². The van der Waals surface area contributed by atoms with Gasteiger partial charge in [0, 0.05) is 11.5 Å². The van der Waals surface area contributed by atoms with E-state index in [-0.39, 0.29) is 17.5 Å². The third-order valence-corrected chi connectivity index (χ3v) is 5.07. The number of hydrogen-bond donors (Lipinski definition) is 1. The normalized spacial score (nSPS) is 16.5. The zero-order valence-corrected chi connectivity index (χ0v) is 16.1. The molecule has 0 fully saturated rings. The van der Waals surface area contributed by atoms with Gasteiger partial charge in [-0.05, 0) is 24.0 Å². The lowest BCUT2D eigenvalue weighted by Gasteiger charge is -2.15. The molecule has 2 aromatic rings. The van der Waals surface area contributed by atoms with Crippen LogP contribution in [0.2, 0.25) is 5.02 Å². The lowest BCUT2D eigenvalue weighted by Crippen LogP contribution is -2.22. The van der Waals surface area contributed by atoms with Gasteiger partial charge >= 0.3 is 0 Å². The van der Waals surface area contributed by atoms with Crippen molar-refractivity contribution in [2.75, 3.05) is 12.8 Å². The van der Waals surface area contributed by atoms with E-state index in [1.165, 1.54) is 17.8 Å². The van der Waals surface area contributed by atoms with Gasteiger partial charge in [-0.3, -0.25) is 5.41 Å². The summed E-state index contributed by atoms with van der Waals surface area (Å²) in [7, 11) is 0. The number of hydrazone groups is 1. The third-order valence-electron chi connectivity index (χ3n) is 4.12. The maximum Gasteiger partial charge on any atom is 0.176 e. The maximum absolute atomic E-state index is 14.0. The fraction of sp³-hybridized carbons (Fsp3) is 0.263. The minimum absolute atomic E-state index is 0.0493. The van der Waals surface area contributed by atoms with Crippen LogP contribution in [0.15, 0.2) is 47.6 Å². The van der Waals surface area contributed by atoms with Crippen LogP contribution in [0.4, 0.5) is 4.39 Å². The van der Waals surface area contributed by atoms with Crippen molar-refractivity contribution in [3.8, 4) is 5.75 Å². The predicted molar refractivity (Wildman–Crippen MR) is 106 cm³/mol. The molecule has 0 bridgehead atoms. The van der Waals surface area contributed by atoms with E-state index in [0.717, 1.165) is 11.3 Å². The first-order chi connectivity index (χ1) is 12.5. The minimum Gasteiger partial charge on any atom is -0.487 e. The molecule has 1 heterocycles. The van der Waals surface area contributed by atoms with Crippen molar-refractivity contribution in [3.05, 3.63) is 64.4 Å². The molecule has 0 radical (unpaired) electrons. The summed E-state index contributed by atoms with van der Waals surface area (Å²) in [6.07, 6.45) is 1.84. The summed E-state index contributed by atoms with van der Waals surface area (Å²) in [5.41, 5.74) is 2.37. The van der Waals surface area contributed by atoms with Crippen molar-refractivity contribution in [2.45, 2.75) is 13.5 Å². The minimum atomic E-state index is -0.529. The largest absolute Gasteiger partial charge is 0.487 e. The van der Waals surface area contributed by atoms with E-state index in [1.807, 2.05) is 43.5 Å². The molecule has 1 N–H and O–H groups in total. The SMILES string of the molecule is CSC(=N)N1CC(C)C(c2ccc(F)c(Cl)c2OCc2ccccc2)=N1. The topological polar surface area (TPSA) is 48.7 Å². The summed E-state index contributed by atoms with van der Waals surface area (Å²) in [4.78, 5) is 0. The molecule has 0 spiro atoms. The van der Waals surface area contributed by atoms with Crippen molar-refractivity contribution in [3.63, 3.8) is 0 Å². The summed E-state index contributed by atoms with van der Waals surface area (Å²) in [6.45, 7) is 2.90. The van der Waals surface area contributed by atoms with E-state index < -0.39 is 5.82 Å². The number of amidine groups is 1. The summed E-state index contributed by atoms with van der Waals surface area (Å²) in [6, 6.07) is 12.6. The zero-order chi connectivity index (χ0) is 18.7. The van der Waals surface area contributed by atoms with Crippen molar-refractivity contribution < 1.29 is 9.13 Å². The molecule has 0 amide bonds. The van der Waals surface area contributed by atoms with Gasteiger partial charge in [0.05, 0.1) is 12.3 Å². The van der Waals surface area contributed by atoms with Crippen LogP contribution in [0, 0.1) is 17.1 Å². The van der Waals surface area contributed by atoms with Crippen LogP contribution in [0.1, 0.15) is 18.1 Å². The first-order valence-corrected chi connectivity index (χ1v) is 9.75. The smallest absolute Gasteiger partial charge is 0.176 e. The van der Waals surface area contributed by atoms with Crippen LogP contribution in [-0.4, -0.2) is 28.7 Å². The molecule has 4 nitrogen and oxygen atoms in total. The number of benzene rings is 2. The molecule has 1 atom stereocenters. The molecule has 0 saturated heterocycles. The van der Waals surface area contributed by atoms with E-state index in [2.05, 4.69) is 5.10 Å². The Bertz CT molecular complexity index is 844. The van der Waals surface area contributed by atoms with E-state index in [0.29, 0.717) is 23.0 Å². The second-order valence-electron chi connectivity index (χ2n) is 5.99. The average Bonchev–Trinajstić information content (AvgIpc) is 3.04. The summed E-state index contributed by atoms with van der Waals surface area (Å²) in [5.74, 6) is -0.166. The molecule has 136 valence electrons. The highest BCUT2D eigenvalue weighted by Gasteiger charge is 2.29. The Morgan fingerprint density at radius 3 is 2.77 bits per heavy atom. The molecular formula is C19H19ClFN3OS. The summed E-state index contributed by atoms with van der Waals surface area (Å²) >= 11 is 7.53. The third kappa shape index (κ3) is 3.86. The monoisotopic (exact) mass is 391 g/mol. The molecular weight excluding hydrogens is 373 g/mol. The Morgan fingerprint density at radius 1 is 1.35 bits per heavy atom. The van der Waals surface area contributed by atoms with Crippen molar-refractivity contribution in [1.29, 1.82) is 5.41 Å². The van der Waals surface area contributed by atoms with E-state index >= 15 is 0 Å². The Morgan fingerprint density at radius 2 is 2.08 bits per heavy atom. The van der Waals surface area contributed by atoms with Crippen LogP contribution >= 0.6 is 23.4 Å². The van der Waals surface area contributed by atoms with Gasteiger partial charge in [-0.15, -0.1) is 0 Å². The van der Waals surface area contributed by atoms with Crippen molar-refractivity contribution in [1.82, 2.24) is 5.01 Å². The Labute approximate surface area is 161 Å². The summed E-state index contributed by atoms with van der Waals surface area (Å²) in [5, 5.41) is 14.5. The van der Waals surface area contributed by atoms with Crippen LogP contribution in [0.25, 0.3) is 0 Å². The van der Waals surface area contributed by atoms with E-state index in [1.54, 1.807) is 11.1 Å². The van der Waals surface area contributed by atoms with Gasteiger partial charge in [-0.2, -0.15) is 5.10 Å². The molecule has 1 aliphatic heterocycles. The van der Waals surface area contributed by atoms with Gasteiger partial charge in [-0.1, -0.05) is 60.6 Å². The average molecular weight is 392 g/mol. The highest BCUT2D eigenvalue weighted by atomic mass is 35.5. The molecule has 2 aromatic carbocycles. The molecule has 0 aliphatic carbocycles. The molecule has 0 aromatic heterocycles. The molecule has 7 heteroatoms. The van der Waals surface area contributed by atoms with Crippen LogP contribution in [0.5, 0.6) is 5.75 Å². The van der Waals surface area contributed by atoms with Gasteiger partial charge in [-0.25, -0.2) is 9.40 Å². The molecule has 0 saturated carbocycles. The van der Waals surface area contributed by atoms with Gasteiger partial charge < -0.3 is 4.74 Å². The molecule has 26 heavy (non-hydrogen) atoms. The van der Waals surface area contributed by atoms with E-state index in [4.69, 9.17) is 21.7 Å². The molecule has 1 unspecified atom stereocenters. The summed E-state index contributed by atoms with van der Waals surface area (Å²) < 4.78 is 19.9. The fourth-order valence-electron chi connectivity index (χ4n) is 2.77. The number of nitrogens with zero attached hydrogens (tertiary/aromatic N) is 2. The lowest BCUT2D eigenvalue weighted by atomic mass is 9.98. The lowest BCUT2D eigenvalue weighted by molar-refractivity contribution is 0.304. The number of nitrogens with one attached hydrogen (secondary N) is 1. The van der Waals surface area contributed by atoms with Crippen molar-refractivity contribution in [2.24, 2.45) is 11.0 Å². The second-order valence-corrected chi connectivity index (χ2v) is 7.16. The van der Waals surface area contributed by atoms with Crippen molar-refractivity contribution >= 4 is 34.2 Å². The highest BCUT2D eigenvalue weighted by molar-refractivity contribution is 8.13. The van der Waals surface area contributed by atoms with Gasteiger partial charge in [0.2, 0.25) is 0 Å². The van der Waals surface area contributed by atoms with Gasteiger partial charge in [0.1, 0.15) is 17.4 Å². The predicted octanol–water partition coefficient (Wildman–Crippen LogP) is 5.01. The fourth-order valence-corrected chi connectivity index (χ4v) is 3.32. The standard InChI is InChI=1S/C19H19ClFN3OS/c1-12-10-24(19(22)26-2)23-17(12)14-8-9-15(21)16(20)18(14)25-11-13-6-4-3-5-7-13/h3-9,12,22H,10-11H2,1-2H3. The first kappa shape index (κ1) is 18.7. The Kier molecular flexibility index (Phi) is 5.84. The number of ether oxygens (including phenoxy) is 1. The second kappa shape index (κ2) is 8.10. The first-order valence-electron chi connectivity index (χ1n) is 8.15. The van der Waals surface area contributed by atoms with Crippen LogP contribution in [0.3, 0.4) is 0 Å². The number of hydrogen-bond acceptors (Lipinski definition) is 4.